The van der Waals surface area contributed by atoms with Gasteiger partial charge < -0.3 is 9.30 Å². The van der Waals surface area contributed by atoms with E-state index >= 15 is 0 Å². The lowest BCUT2D eigenvalue weighted by Gasteiger charge is -2.07. The summed E-state index contributed by atoms with van der Waals surface area (Å²) in [5, 5.41) is 0. The number of para-hydroxylation sites is 2. The lowest BCUT2D eigenvalue weighted by atomic mass is 10.3. The summed E-state index contributed by atoms with van der Waals surface area (Å²) in [4.78, 5) is 16.0. The molecule has 0 aliphatic carbocycles. The second-order valence-corrected chi connectivity index (χ2v) is 5.59. The highest BCUT2D eigenvalue weighted by atomic mass is 32.2. The molecule has 5 heteroatoms. The normalized spacial score (nSPS) is 11.2. The highest BCUT2D eigenvalue weighted by molar-refractivity contribution is 7.99. The average Bonchev–Trinajstić information content (AvgIpc) is 2.66. The minimum Gasteiger partial charge on any atom is -0.462 e. The number of esters is 1. The van der Waals surface area contributed by atoms with Gasteiger partial charge in [0.1, 0.15) is 5.82 Å². The van der Waals surface area contributed by atoms with Gasteiger partial charge in [0, 0.05) is 7.05 Å². The number of aryl methyl sites for hydroxylation is 1. The van der Waals surface area contributed by atoms with E-state index < -0.39 is 0 Å². The number of hydrogen-bond donors (Lipinski definition) is 0. The predicted molar refractivity (Wildman–Crippen MR) is 78.1 cm³/mol. The number of ether oxygens (including phenoxy) is 1. The minimum absolute atomic E-state index is 0.0520. The maximum absolute atomic E-state index is 11.4. The molecule has 0 amide bonds. The molecule has 1 heterocycles. The number of hydrogen-bond acceptors (Lipinski definition) is 4. The van der Waals surface area contributed by atoms with Gasteiger partial charge in [-0.2, -0.15) is 0 Å². The van der Waals surface area contributed by atoms with Crippen LogP contribution < -0.4 is 0 Å². The average molecular weight is 278 g/mol. The van der Waals surface area contributed by atoms with Crippen LogP contribution in [0, 0.1) is 0 Å². The minimum atomic E-state index is -0.168. The number of rotatable bonds is 5. The summed E-state index contributed by atoms with van der Waals surface area (Å²) in [6.45, 7) is 3.71. The molecule has 1 aromatic heterocycles. The molecule has 4 nitrogen and oxygen atoms in total. The smallest absolute Gasteiger partial charge is 0.316 e. The molecule has 0 bridgehead atoms. The van der Waals surface area contributed by atoms with Crippen molar-refractivity contribution in [1.82, 2.24) is 9.55 Å². The van der Waals surface area contributed by atoms with Crippen molar-refractivity contribution in [2.75, 3.05) is 5.75 Å². The number of carbonyl (C=O) groups is 1. The topological polar surface area (TPSA) is 44.1 Å². The van der Waals surface area contributed by atoms with Crippen LogP contribution in [0.25, 0.3) is 11.0 Å². The van der Waals surface area contributed by atoms with Gasteiger partial charge in [0.2, 0.25) is 0 Å². The molecule has 2 rings (SSSR count). The SMILES string of the molecule is CC(C)OC(=O)CSCc1nc2ccccc2n1C. The van der Waals surface area contributed by atoms with Gasteiger partial charge in [-0.1, -0.05) is 12.1 Å². The molecular formula is C14H18N2O2S. The molecule has 0 unspecified atom stereocenters. The molecule has 0 saturated heterocycles. The first kappa shape index (κ1) is 13.9. The van der Waals surface area contributed by atoms with Crippen LogP contribution in [-0.4, -0.2) is 27.4 Å². The van der Waals surface area contributed by atoms with Crippen molar-refractivity contribution in [2.24, 2.45) is 7.05 Å². The monoisotopic (exact) mass is 278 g/mol. The van der Waals surface area contributed by atoms with Crippen LogP contribution in [0.2, 0.25) is 0 Å². The largest absolute Gasteiger partial charge is 0.462 e. The van der Waals surface area contributed by atoms with Crippen LogP contribution in [0.3, 0.4) is 0 Å². The van der Waals surface area contributed by atoms with Gasteiger partial charge in [-0.15, -0.1) is 11.8 Å². The third kappa shape index (κ3) is 3.50. The van der Waals surface area contributed by atoms with Gasteiger partial charge in [-0.3, -0.25) is 4.79 Å². The maximum Gasteiger partial charge on any atom is 0.316 e. The Morgan fingerprint density at radius 2 is 2.16 bits per heavy atom. The van der Waals surface area contributed by atoms with Gasteiger partial charge in [-0.25, -0.2) is 4.98 Å². The zero-order valence-electron chi connectivity index (χ0n) is 11.4. The van der Waals surface area contributed by atoms with Crippen molar-refractivity contribution >= 4 is 28.8 Å². The third-order valence-corrected chi connectivity index (χ3v) is 3.60. The Morgan fingerprint density at radius 1 is 1.42 bits per heavy atom. The van der Waals surface area contributed by atoms with Crippen molar-refractivity contribution < 1.29 is 9.53 Å². The Bertz CT molecular complexity index is 578. The van der Waals surface area contributed by atoms with Gasteiger partial charge in [0.05, 0.1) is 28.6 Å². The maximum atomic E-state index is 11.4. The summed E-state index contributed by atoms with van der Waals surface area (Å²) >= 11 is 1.53. The van der Waals surface area contributed by atoms with Crippen molar-refractivity contribution in [1.29, 1.82) is 0 Å². The van der Waals surface area contributed by atoms with E-state index in [1.165, 1.54) is 11.8 Å². The lowest BCUT2D eigenvalue weighted by molar-refractivity contribution is -0.144. The van der Waals surface area contributed by atoms with Crippen LogP contribution in [0.5, 0.6) is 0 Å². The Kier molecular flexibility index (Phi) is 4.47. The van der Waals surface area contributed by atoms with Gasteiger partial charge in [0.25, 0.3) is 0 Å². The Balaban J connectivity index is 1.95. The molecule has 1 aromatic carbocycles. The van der Waals surface area contributed by atoms with E-state index in [0.29, 0.717) is 11.5 Å². The van der Waals surface area contributed by atoms with E-state index in [0.717, 1.165) is 16.9 Å². The zero-order chi connectivity index (χ0) is 13.8. The van der Waals surface area contributed by atoms with Crippen molar-refractivity contribution in [3.63, 3.8) is 0 Å². The summed E-state index contributed by atoms with van der Waals surface area (Å²) < 4.78 is 7.16. The predicted octanol–water partition coefficient (Wildman–Crippen LogP) is 2.76. The summed E-state index contributed by atoms with van der Waals surface area (Å²) in [5.41, 5.74) is 2.10. The molecule has 19 heavy (non-hydrogen) atoms. The summed E-state index contributed by atoms with van der Waals surface area (Å²) in [6.07, 6.45) is -0.0520. The molecule has 0 fully saturated rings. The van der Waals surface area contributed by atoms with E-state index in [2.05, 4.69) is 9.55 Å². The highest BCUT2D eigenvalue weighted by Gasteiger charge is 2.09. The fourth-order valence-corrected chi connectivity index (χ4v) is 2.62. The van der Waals surface area contributed by atoms with Crippen LogP contribution in [-0.2, 0) is 22.3 Å². The number of imidazole rings is 1. The quantitative estimate of drug-likeness (QED) is 0.789. The molecule has 0 saturated carbocycles. The Hall–Kier alpha value is -1.49. The van der Waals surface area contributed by atoms with Gasteiger partial charge >= 0.3 is 5.97 Å². The Morgan fingerprint density at radius 3 is 2.84 bits per heavy atom. The number of benzene rings is 1. The number of nitrogens with zero attached hydrogens (tertiary/aromatic N) is 2. The van der Waals surface area contributed by atoms with Gasteiger partial charge in [0.15, 0.2) is 0 Å². The van der Waals surface area contributed by atoms with E-state index in [9.17, 15) is 4.79 Å². The first-order valence-corrected chi connectivity index (χ1v) is 7.41. The molecule has 0 spiro atoms. The van der Waals surface area contributed by atoms with Crippen molar-refractivity contribution in [3.05, 3.63) is 30.1 Å². The molecule has 0 radical (unpaired) electrons. The van der Waals surface area contributed by atoms with E-state index in [-0.39, 0.29) is 12.1 Å². The van der Waals surface area contributed by atoms with E-state index in [1.807, 2.05) is 45.2 Å². The highest BCUT2D eigenvalue weighted by Crippen LogP contribution is 2.18. The summed E-state index contributed by atoms with van der Waals surface area (Å²) in [6, 6.07) is 8.02. The Labute approximate surface area is 117 Å². The fourth-order valence-electron chi connectivity index (χ4n) is 1.85. The molecule has 2 aromatic rings. The lowest BCUT2D eigenvalue weighted by Crippen LogP contribution is -2.13. The number of thioether (sulfide) groups is 1. The van der Waals surface area contributed by atoms with E-state index in [1.54, 1.807) is 0 Å². The standard InChI is InChI=1S/C14H18N2O2S/c1-10(2)18-14(17)9-19-8-13-15-11-6-4-5-7-12(11)16(13)3/h4-7,10H,8-9H2,1-3H3. The van der Waals surface area contributed by atoms with Gasteiger partial charge in [-0.05, 0) is 26.0 Å². The second kappa shape index (κ2) is 6.10. The van der Waals surface area contributed by atoms with Crippen LogP contribution in [0.4, 0.5) is 0 Å². The number of carbonyl (C=O) groups excluding carboxylic acids is 1. The second-order valence-electron chi connectivity index (χ2n) is 4.61. The van der Waals surface area contributed by atoms with Crippen molar-refractivity contribution in [2.45, 2.75) is 25.7 Å². The van der Waals surface area contributed by atoms with Crippen LogP contribution in [0.15, 0.2) is 24.3 Å². The zero-order valence-corrected chi connectivity index (χ0v) is 12.2. The first-order valence-electron chi connectivity index (χ1n) is 6.25. The van der Waals surface area contributed by atoms with Crippen molar-refractivity contribution in [3.8, 4) is 0 Å². The molecule has 0 atom stereocenters. The van der Waals surface area contributed by atoms with E-state index in [4.69, 9.17) is 4.74 Å². The summed E-state index contributed by atoms with van der Waals surface area (Å²) in [7, 11) is 2.00. The number of fused-ring (bicyclic) bond motifs is 1. The number of aromatic nitrogens is 2. The summed E-state index contributed by atoms with van der Waals surface area (Å²) in [5.74, 6) is 1.88. The molecule has 0 N–H and O–H groups in total. The van der Waals surface area contributed by atoms with Crippen LogP contribution >= 0.6 is 11.8 Å². The molecule has 0 aliphatic heterocycles. The molecule has 102 valence electrons. The first-order chi connectivity index (χ1) is 9.08. The fraction of sp³-hybridized carbons (Fsp3) is 0.429. The third-order valence-electron chi connectivity index (χ3n) is 2.70. The molecular weight excluding hydrogens is 260 g/mol. The molecule has 0 aliphatic rings. The van der Waals surface area contributed by atoms with Crippen LogP contribution in [0.1, 0.15) is 19.7 Å².